The Morgan fingerprint density at radius 1 is 1.13 bits per heavy atom. The fourth-order valence-corrected chi connectivity index (χ4v) is 5.08. The summed E-state index contributed by atoms with van der Waals surface area (Å²) in [6.45, 7) is 5.82. The fourth-order valence-electron chi connectivity index (χ4n) is 5.08. The first-order chi connectivity index (χ1) is 18.6. The van der Waals surface area contributed by atoms with E-state index in [4.69, 9.17) is 19.4 Å². The average Bonchev–Trinajstić information content (AvgIpc) is 3.61. The minimum absolute atomic E-state index is 0.0379. The molecule has 0 bridgehead atoms. The number of aromatic amines is 1. The average molecular weight is 519 g/mol. The highest BCUT2D eigenvalue weighted by atomic mass is 16.6. The number of fused-ring (bicyclic) bond motifs is 2. The van der Waals surface area contributed by atoms with Crippen molar-refractivity contribution in [3.8, 4) is 11.3 Å². The van der Waals surface area contributed by atoms with Gasteiger partial charge in [-0.05, 0) is 25.8 Å². The number of hydrogen-bond acceptors (Lipinski definition) is 8. The summed E-state index contributed by atoms with van der Waals surface area (Å²) in [6, 6.07) is 5.92. The number of nitrogens with one attached hydrogen (secondary N) is 2. The van der Waals surface area contributed by atoms with Gasteiger partial charge in [-0.1, -0.05) is 12.1 Å². The van der Waals surface area contributed by atoms with Crippen molar-refractivity contribution in [2.75, 3.05) is 50.9 Å². The maximum atomic E-state index is 13.2. The second kappa shape index (κ2) is 10.3. The van der Waals surface area contributed by atoms with Crippen LogP contribution in [0.25, 0.3) is 27.8 Å². The van der Waals surface area contributed by atoms with E-state index in [0.29, 0.717) is 76.0 Å². The first kappa shape index (κ1) is 24.2. The second-order valence-corrected chi connectivity index (χ2v) is 9.48. The van der Waals surface area contributed by atoms with Crippen molar-refractivity contribution in [2.45, 2.75) is 25.8 Å². The van der Waals surface area contributed by atoms with E-state index in [0.717, 1.165) is 22.2 Å². The summed E-state index contributed by atoms with van der Waals surface area (Å²) < 4.78 is 12.5. The maximum absolute atomic E-state index is 13.2. The van der Waals surface area contributed by atoms with Crippen molar-refractivity contribution in [1.29, 1.82) is 0 Å². The van der Waals surface area contributed by atoms with Crippen LogP contribution in [-0.2, 0) is 9.47 Å². The molecule has 2 fully saturated rings. The summed E-state index contributed by atoms with van der Waals surface area (Å²) in [5.74, 6) is 0.475. The SMILES string of the molecule is CCOC(=O)N1CCC(NC(=O)c2cn3cc(-c4cccc5[nH]ncc45)nc(N4CCOCC4)c3n2)CC1. The number of carbonyl (C=O) groups excluding carboxylic acids is 2. The van der Waals surface area contributed by atoms with Gasteiger partial charge in [0.1, 0.15) is 5.69 Å². The number of nitrogens with zero attached hydrogens (tertiary/aromatic N) is 6. The number of benzene rings is 1. The Morgan fingerprint density at radius 2 is 1.95 bits per heavy atom. The van der Waals surface area contributed by atoms with Gasteiger partial charge in [0.2, 0.25) is 0 Å². The molecule has 2 aliphatic rings. The van der Waals surface area contributed by atoms with Crippen molar-refractivity contribution in [2.24, 2.45) is 0 Å². The molecule has 12 heteroatoms. The lowest BCUT2D eigenvalue weighted by atomic mass is 10.1. The molecule has 2 amide bonds. The minimum Gasteiger partial charge on any atom is -0.450 e. The molecule has 0 spiro atoms. The molecule has 0 aliphatic carbocycles. The van der Waals surface area contributed by atoms with Crippen LogP contribution in [0.5, 0.6) is 0 Å². The molecule has 0 unspecified atom stereocenters. The number of hydrogen-bond donors (Lipinski definition) is 2. The molecule has 0 atom stereocenters. The smallest absolute Gasteiger partial charge is 0.409 e. The maximum Gasteiger partial charge on any atom is 0.409 e. The predicted octanol–water partition coefficient (Wildman–Crippen LogP) is 2.46. The van der Waals surface area contributed by atoms with E-state index in [-0.39, 0.29) is 18.0 Å². The van der Waals surface area contributed by atoms with Crippen LogP contribution in [0.4, 0.5) is 10.6 Å². The Hall–Kier alpha value is -4.19. The summed E-state index contributed by atoms with van der Waals surface area (Å²) in [4.78, 5) is 38.8. The number of ether oxygens (including phenoxy) is 2. The van der Waals surface area contributed by atoms with Gasteiger partial charge in [0, 0.05) is 55.6 Å². The molecule has 6 rings (SSSR count). The molecule has 2 aliphatic heterocycles. The van der Waals surface area contributed by atoms with E-state index in [1.54, 1.807) is 24.2 Å². The highest BCUT2D eigenvalue weighted by molar-refractivity contribution is 5.95. The van der Waals surface area contributed by atoms with E-state index in [2.05, 4.69) is 20.4 Å². The van der Waals surface area contributed by atoms with Gasteiger partial charge in [-0.2, -0.15) is 5.10 Å². The number of imidazole rings is 1. The van der Waals surface area contributed by atoms with E-state index >= 15 is 0 Å². The van der Waals surface area contributed by atoms with Gasteiger partial charge in [0.15, 0.2) is 11.5 Å². The molecule has 12 nitrogen and oxygen atoms in total. The minimum atomic E-state index is -0.303. The summed E-state index contributed by atoms with van der Waals surface area (Å²) in [6.07, 6.45) is 6.48. The van der Waals surface area contributed by atoms with Crippen molar-refractivity contribution < 1.29 is 19.1 Å². The monoisotopic (exact) mass is 518 g/mol. The summed E-state index contributed by atoms with van der Waals surface area (Å²) >= 11 is 0. The normalized spacial score (nSPS) is 16.8. The molecule has 0 saturated carbocycles. The molecular weight excluding hydrogens is 488 g/mol. The van der Waals surface area contributed by atoms with Crippen molar-refractivity contribution >= 4 is 34.4 Å². The molecule has 3 aromatic heterocycles. The highest BCUT2D eigenvalue weighted by Crippen LogP contribution is 2.30. The van der Waals surface area contributed by atoms with Crippen LogP contribution in [-0.4, -0.2) is 93.5 Å². The van der Waals surface area contributed by atoms with Gasteiger partial charge >= 0.3 is 6.09 Å². The van der Waals surface area contributed by atoms with Crippen molar-refractivity contribution in [3.05, 3.63) is 42.5 Å². The van der Waals surface area contributed by atoms with Crippen molar-refractivity contribution in [3.63, 3.8) is 0 Å². The Bertz CT molecular complexity index is 1470. The third kappa shape index (κ3) is 4.62. The predicted molar refractivity (Wildman–Crippen MR) is 140 cm³/mol. The summed E-state index contributed by atoms with van der Waals surface area (Å²) in [5.41, 5.74) is 3.59. The number of amides is 2. The van der Waals surface area contributed by atoms with Gasteiger partial charge in [-0.3, -0.25) is 9.89 Å². The van der Waals surface area contributed by atoms with Gasteiger partial charge in [0.25, 0.3) is 5.91 Å². The Balaban J connectivity index is 1.29. The quantitative estimate of drug-likeness (QED) is 0.412. The van der Waals surface area contributed by atoms with E-state index in [9.17, 15) is 9.59 Å². The standard InChI is InChI=1S/C26H30N8O4/c1-2-38-26(36)33-8-6-17(7-9-33)28-25(35)22-16-34-15-21(18-4-3-5-20-19(18)14-27-31-20)29-23(24(34)30-22)32-10-12-37-13-11-32/h3-5,14-17H,2,6-13H2,1H3,(H,27,31)(H,28,35). The number of likely N-dealkylation sites (tertiary alicyclic amines) is 1. The summed E-state index contributed by atoms with van der Waals surface area (Å²) in [7, 11) is 0. The fraction of sp³-hybridized carbons (Fsp3) is 0.423. The number of aromatic nitrogens is 5. The molecule has 0 radical (unpaired) electrons. The zero-order valence-corrected chi connectivity index (χ0v) is 21.2. The third-order valence-corrected chi connectivity index (χ3v) is 7.08. The van der Waals surface area contributed by atoms with Crippen LogP contribution in [0, 0.1) is 0 Å². The lowest BCUT2D eigenvalue weighted by Gasteiger charge is -2.31. The molecule has 198 valence electrons. The molecule has 2 saturated heterocycles. The van der Waals surface area contributed by atoms with Gasteiger partial charge in [0.05, 0.1) is 37.2 Å². The molecule has 38 heavy (non-hydrogen) atoms. The number of H-pyrrole nitrogens is 1. The van der Waals surface area contributed by atoms with Crippen LogP contribution in [0.3, 0.4) is 0 Å². The zero-order valence-electron chi connectivity index (χ0n) is 21.2. The Labute approximate surface area is 218 Å². The third-order valence-electron chi connectivity index (χ3n) is 7.08. The van der Waals surface area contributed by atoms with Crippen molar-refractivity contribution in [1.82, 2.24) is 34.8 Å². The zero-order chi connectivity index (χ0) is 26.1. The van der Waals surface area contributed by atoms with Crippen LogP contribution >= 0.6 is 0 Å². The number of anilines is 1. The van der Waals surface area contributed by atoms with Crippen LogP contribution in [0.1, 0.15) is 30.3 Å². The Kier molecular flexibility index (Phi) is 6.54. The van der Waals surface area contributed by atoms with E-state index in [1.165, 1.54) is 0 Å². The second-order valence-electron chi connectivity index (χ2n) is 9.48. The lowest BCUT2D eigenvalue weighted by Crippen LogP contribution is -2.46. The van der Waals surface area contributed by atoms with E-state index < -0.39 is 0 Å². The highest BCUT2D eigenvalue weighted by Gasteiger charge is 2.26. The topological polar surface area (TPSA) is 130 Å². The number of carbonyl (C=O) groups is 2. The Morgan fingerprint density at radius 3 is 2.74 bits per heavy atom. The van der Waals surface area contributed by atoms with Crippen LogP contribution in [0.15, 0.2) is 36.8 Å². The lowest BCUT2D eigenvalue weighted by molar-refractivity contribution is 0.0857. The first-order valence-corrected chi connectivity index (χ1v) is 13.0. The molecular formula is C26H30N8O4. The molecule has 4 aromatic rings. The molecule has 5 heterocycles. The number of morpholine rings is 1. The van der Waals surface area contributed by atoms with Gasteiger partial charge in [-0.25, -0.2) is 14.8 Å². The van der Waals surface area contributed by atoms with Gasteiger partial charge in [-0.15, -0.1) is 0 Å². The molecule has 1 aromatic carbocycles. The first-order valence-electron chi connectivity index (χ1n) is 13.0. The molecule has 2 N–H and O–H groups in total. The van der Waals surface area contributed by atoms with Gasteiger partial charge < -0.3 is 29.0 Å². The van der Waals surface area contributed by atoms with E-state index in [1.807, 2.05) is 28.8 Å². The largest absolute Gasteiger partial charge is 0.450 e. The van der Waals surface area contributed by atoms with Crippen LogP contribution < -0.4 is 10.2 Å². The summed E-state index contributed by atoms with van der Waals surface area (Å²) in [5, 5.41) is 11.3. The van der Waals surface area contributed by atoms with Crippen LogP contribution in [0.2, 0.25) is 0 Å². The number of rotatable bonds is 5. The number of piperidine rings is 1.